The minimum Gasteiger partial charge on any atom is -0.598 e. The van der Waals surface area contributed by atoms with E-state index in [1.54, 1.807) is 18.6 Å². The molecule has 2 saturated heterocycles. The summed E-state index contributed by atoms with van der Waals surface area (Å²) in [5.41, 5.74) is 4.52. The lowest BCUT2D eigenvalue weighted by Crippen LogP contribution is -2.42. The number of morpholine rings is 1. The van der Waals surface area contributed by atoms with Crippen molar-refractivity contribution in [2.75, 3.05) is 56.2 Å². The first-order valence-corrected chi connectivity index (χ1v) is 13.3. The number of hydrogen-bond acceptors (Lipinski definition) is 9. The van der Waals surface area contributed by atoms with E-state index in [0.717, 1.165) is 79.4 Å². The summed E-state index contributed by atoms with van der Waals surface area (Å²) in [6.07, 6.45) is 7.22. The highest BCUT2D eigenvalue weighted by atomic mass is 32.2. The molecule has 2 atom stereocenters. The van der Waals surface area contributed by atoms with Crippen LogP contribution in [0.3, 0.4) is 0 Å². The molecule has 10 heteroatoms. The summed E-state index contributed by atoms with van der Waals surface area (Å²) in [4.78, 5) is 13.9. The molecule has 180 valence electrons. The second-order valence-corrected chi connectivity index (χ2v) is 10.1. The van der Waals surface area contributed by atoms with Gasteiger partial charge in [-0.05, 0) is 31.0 Å². The van der Waals surface area contributed by atoms with Gasteiger partial charge in [0.2, 0.25) is 0 Å². The van der Waals surface area contributed by atoms with E-state index in [9.17, 15) is 4.55 Å². The second-order valence-electron chi connectivity index (χ2n) is 8.71. The fourth-order valence-electron chi connectivity index (χ4n) is 4.43. The molecule has 4 heterocycles. The van der Waals surface area contributed by atoms with Gasteiger partial charge in [0.15, 0.2) is 5.82 Å². The van der Waals surface area contributed by atoms with Gasteiger partial charge in [-0.25, -0.2) is 9.97 Å². The standard InChI is InChI=1S/C24H31N7O2S/c1-34(32)31-11-6-19(7-12-31)29-18-4-2-17(3-5-18)21-14-22-23(27-9-8-26-22)24(30-21)28-16-20-15-25-10-13-33-20/h2-5,8-9,14,19-20,25,29H,6-7,10-13,15-16H2,1H3,(H,28,30)/t20-,34?/m0/s1. The Labute approximate surface area is 203 Å². The van der Waals surface area contributed by atoms with Crippen molar-refractivity contribution in [1.29, 1.82) is 0 Å². The summed E-state index contributed by atoms with van der Waals surface area (Å²) in [5, 5.41) is 10.4. The third-order valence-corrected chi connectivity index (χ3v) is 7.42. The van der Waals surface area contributed by atoms with Crippen LogP contribution in [-0.2, 0) is 16.1 Å². The Hall–Kier alpha value is -2.50. The van der Waals surface area contributed by atoms with E-state index < -0.39 is 11.4 Å². The van der Waals surface area contributed by atoms with Crippen LogP contribution in [0.5, 0.6) is 0 Å². The Morgan fingerprint density at radius 2 is 1.97 bits per heavy atom. The van der Waals surface area contributed by atoms with Crippen LogP contribution in [0.25, 0.3) is 22.3 Å². The summed E-state index contributed by atoms with van der Waals surface area (Å²) in [7, 11) is 0. The molecule has 1 unspecified atom stereocenters. The first kappa shape index (κ1) is 23.3. The molecule has 0 aliphatic carbocycles. The van der Waals surface area contributed by atoms with E-state index in [-0.39, 0.29) is 6.10 Å². The lowest BCUT2D eigenvalue weighted by Gasteiger charge is -2.31. The van der Waals surface area contributed by atoms with Gasteiger partial charge >= 0.3 is 0 Å². The third-order valence-electron chi connectivity index (χ3n) is 6.33. The molecule has 2 fully saturated rings. The summed E-state index contributed by atoms with van der Waals surface area (Å²) < 4.78 is 19.5. The van der Waals surface area contributed by atoms with Crippen molar-refractivity contribution >= 4 is 33.9 Å². The molecular formula is C24H31N7O2S. The van der Waals surface area contributed by atoms with Crippen molar-refractivity contribution in [2.45, 2.75) is 25.0 Å². The molecule has 0 amide bonds. The Bertz CT molecular complexity index is 1080. The van der Waals surface area contributed by atoms with Gasteiger partial charge < -0.3 is 25.2 Å². The van der Waals surface area contributed by atoms with Crippen molar-refractivity contribution in [3.8, 4) is 11.3 Å². The Balaban J connectivity index is 1.29. The van der Waals surface area contributed by atoms with Crippen LogP contribution in [0.2, 0.25) is 0 Å². The van der Waals surface area contributed by atoms with Crippen LogP contribution in [0.4, 0.5) is 11.5 Å². The molecule has 0 bridgehead atoms. The van der Waals surface area contributed by atoms with E-state index in [0.29, 0.717) is 12.6 Å². The smallest absolute Gasteiger partial charge is 0.154 e. The number of rotatable bonds is 7. The van der Waals surface area contributed by atoms with Gasteiger partial charge in [0.05, 0.1) is 23.9 Å². The first-order chi connectivity index (χ1) is 16.7. The van der Waals surface area contributed by atoms with Crippen LogP contribution in [0.15, 0.2) is 42.7 Å². The Kier molecular flexibility index (Phi) is 7.41. The highest BCUT2D eigenvalue weighted by Crippen LogP contribution is 2.27. The summed E-state index contributed by atoms with van der Waals surface area (Å²) in [6.45, 7) is 4.81. The van der Waals surface area contributed by atoms with E-state index in [2.05, 4.69) is 50.2 Å². The minimum absolute atomic E-state index is 0.0977. The van der Waals surface area contributed by atoms with Crippen molar-refractivity contribution in [3.05, 3.63) is 42.7 Å². The number of benzene rings is 1. The van der Waals surface area contributed by atoms with Gasteiger partial charge in [-0.1, -0.05) is 12.1 Å². The fourth-order valence-corrected chi connectivity index (χ4v) is 5.16. The van der Waals surface area contributed by atoms with Crippen molar-refractivity contribution in [3.63, 3.8) is 0 Å². The van der Waals surface area contributed by atoms with Gasteiger partial charge in [-0.2, -0.15) is 0 Å². The van der Waals surface area contributed by atoms with Gasteiger partial charge in [0.25, 0.3) is 0 Å². The molecule has 0 radical (unpaired) electrons. The minimum atomic E-state index is -0.880. The Morgan fingerprint density at radius 3 is 2.71 bits per heavy atom. The zero-order chi connectivity index (χ0) is 23.3. The molecule has 3 N–H and O–H groups in total. The normalized spacial score (nSPS) is 20.8. The summed E-state index contributed by atoms with van der Waals surface area (Å²) >= 11 is -0.880. The molecule has 0 spiro atoms. The first-order valence-electron chi connectivity index (χ1n) is 11.8. The van der Waals surface area contributed by atoms with E-state index in [1.807, 2.05) is 10.4 Å². The van der Waals surface area contributed by atoms with E-state index >= 15 is 0 Å². The molecule has 1 aromatic carbocycles. The number of ether oxygens (including phenoxy) is 1. The monoisotopic (exact) mass is 481 g/mol. The van der Waals surface area contributed by atoms with Crippen LogP contribution in [-0.4, -0.2) is 81.5 Å². The third kappa shape index (κ3) is 5.59. The fraction of sp³-hybridized carbons (Fsp3) is 0.458. The molecule has 2 aromatic heterocycles. The second kappa shape index (κ2) is 10.8. The highest BCUT2D eigenvalue weighted by Gasteiger charge is 2.24. The number of fused-ring (bicyclic) bond motifs is 1. The van der Waals surface area contributed by atoms with Crippen LogP contribution in [0.1, 0.15) is 12.8 Å². The molecule has 0 saturated carbocycles. The molecule has 2 aliphatic rings. The van der Waals surface area contributed by atoms with Gasteiger partial charge in [-0.15, -0.1) is 4.31 Å². The number of anilines is 2. The molecule has 3 aromatic rings. The lowest BCUT2D eigenvalue weighted by atomic mass is 10.1. The Morgan fingerprint density at radius 1 is 1.18 bits per heavy atom. The molecule has 2 aliphatic heterocycles. The molecule has 9 nitrogen and oxygen atoms in total. The van der Waals surface area contributed by atoms with Crippen molar-refractivity contribution in [2.24, 2.45) is 0 Å². The zero-order valence-electron chi connectivity index (χ0n) is 19.4. The number of nitrogens with one attached hydrogen (secondary N) is 3. The maximum absolute atomic E-state index is 11.7. The SMILES string of the molecule is C[S+]([O-])N1CCC(Nc2ccc(-c3cc4nccnc4c(NC[C@@H]4CNCCO4)n3)cc2)CC1. The molecular weight excluding hydrogens is 450 g/mol. The van der Waals surface area contributed by atoms with Crippen LogP contribution >= 0.6 is 0 Å². The van der Waals surface area contributed by atoms with E-state index in [1.165, 1.54) is 0 Å². The average molecular weight is 482 g/mol. The highest BCUT2D eigenvalue weighted by molar-refractivity contribution is 7.88. The van der Waals surface area contributed by atoms with Crippen LogP contribution in [0, 0.1) is 0 Å². The van der Waals surface area contributed by atoms with Gasteiger partial charge in [0, 0.05) is 73.8 Å². The maximum atomic E-state index is 11.7. The van der Waals surface area contributed by atoms with Crippen molar-refractivity contribution < 1.29 is 9.29 Å². The average Bonchev–Trinajstić information content (AvgIpc) is 2.88. The number of aromatic nitrogens is 3. The zero-order valence-corrected chi connectivity index (χ0v) is 20.2. The van der Waals surface area contributed by atoms with Gasteiger partial charge in [0.1, 0.15) is 11.8 Å². The number of hydrogen-bond donors (Lipinski definition) is 3. The lowest BCUT2D eigenvalue weighted by molar-refractivity contribution is 0.0372. The van der Waals surface area contributed by atoms with Crippen molar-refractivity contribution in [1.82, 2.24) is 24.6 Å². The number of nitrogens with zero attached hydrogens (tertiary/aromatic N) is 4. The summed E-state index contributed by atoms with van der Waals surface area (Å²) in [5.74, 6) is 0.719. The predicted molar refractivity (Wildman–Crippen MR) is 136 cm³/mol. The van der Waals surface area contributed by atoms with Crippen LogP contribution < -0.4 is 16.0 Å². The quantitative estimate of drug-likeness (QED) is 0.438. The van der Waals surface area contributed by atoms with Gasteiger partial charge in [-0.3, -0.25) is 4.98 Å². The van der Waals surface area contributed by atoms with E-state index in [4.69, 9.17) is 9.72 Å². The number of piperidine rings is 1. The summed E-state index contributed by atoms with van der Waals surface area (Å²) in [6, 6.07) is 10.7. The molecule has 5 rings (SSSR count). The topological polar surface area (TPSA) is 110 Å². The predicted octanol–water partition coefficient (Wildman–Crippen LogP) is 2.26. The largest absolute Gasteiger partial charge is 0.598 e. The maximum Gasteiger partial charge on any atom is 0.154 e. The molecule has 34 heavy (non-hydrogen) atoms. The number of pyridine rings is 1.